The molecule has 1 unspecified atom stereocenters. The molecule has 1 aromatic rings. The van der Waals surface area contributed by atoms with Crippen LogP contribution in [0.2, 0.25) is 0 Å². The first-order chi connectivity index (χ1) is 13.2. The van der Waals surface area contributed by atoms with E-state index in [2.05, 4.69) is 9.11 Å². The van der Waals surface area contributed by atoms with Crippen LogP contribution in [0.1, 0.15) is 42.8 Å². The number of rotatable bonds is 9. The minimum Gasteiger partial charge on any atom is -0.469 e. The molecule has 0 radical (unpaired) electrons. The Bertz CT molecular complexity index is 749. The molecule has 0 amide bonds. The summed E-state index contributed by atoms with van der Waals surface area (Å²) in [5.74, 6) is -1.44. The monoisotopic (exact) mass is 435 g/mol. The Balaban J connectivity index is 1.89. The van der Waals surface area contributed by atoms with Crippen LogP contribution in [0.4, 0.5) is 0 Å². The molecule has 0 bridgehead atoms. The van der Waals surface area contributed by atoms with E-state index < -0.39 is 38.1 Å². The Hall–Kier alpha value is -1.65. The van der Waals surface area contributed by atoms with Gasteiger partial charge in [-0.15, -0.1) is 0 Å². The van der Waals surface area contributed by atoms with Crippen molar-refractivity contribution >= 4 is 37.1 Å². The van der Waals surface area contributed by atoms with Crippen LogP contribution in [0.5, 0.6) is 0 Å². The van der Waals surface area contributed by atoms with E-state index in [9.17, 15) is 18.9 Å². The highest BCUT2D eigenvalue weighted by Gasteiger charge is 2.48. The molecule has 1 aliphatic rings. The molecule has 156 valence electrons. The number of esters is 2. The average molecular weight is 435 g/mol. The highest BCUT2D eigenvalue weighted by molar-refractivity contribution is 7.48. The van der Waals surface area contributed by atoms with Crippen LogP contribution in [0.3, 0.4) is 0 Å². The van der Waals surface area contributed by atoms with E-state index in [0.29, 0.717) is 0 Å². The molecule has 2 rings (SSSR count). The first-order valence-electron chi connectivity index (χ1n) is 8.42. The van der Waals surface area contributed by atoms with E-state index in [4.69, 9.17) is 18.3 Å². The standard InChI is InChI=1S/C16H22NO9PS/c1-16(2)9-24-27(21,25-10-23-15(20)12-7-8-17-28-12)26-14(16)11(18)5-4-6-13(19)22-3/h7-8,14H,4-6,9-10H2,1-3H3/t14-,27?/m0/s1. The summed E-state index contributed by atoms with van der Waals surface area (Å²) in [6.45, 7) is 2.73. The van der Waals surface area contributed by atoms with Gasteiger partial charge in [-0.05, 0) is 24.0 Å². The Morgan fingerprint density at radius 3 is 2.75 bits per heavy atom. The molecule has 28 heavy (non-hydrogen) atoms. The van der Waals surface area contributed by atoms with E-state index in [1.807, 2.05) is 0 Å². The van der Waals surface area contributed by atoms with Crippen LogP contribution in [-0.4, -0.2) is 48.7 Å². The van der Waals surface area contributed by atoms with Crippen molar-refractivity contribution in [3.8, 4) is 0 Å². The fraction of sp³-hybridized carbons (Fsp3) is 0.625. The average Bonchev–Trinajstić information content (AvgIpc) is 3.18. The van der Waals surface area contributed by atoms with E-state index in [0.717, 1.165) is 11.5 Å². The van der Waals surface area contributed by atoms with Crippen LogP contribution < -0.4 is 0 Å². The SMILES string of the molecule is COC(=O)CCCC(=O)[C@@H]1OP(=O)(OCOC(=O)c2ccns2)OCC1(C)C. The first-order valence-corrected chi connectivity index (χ1v) is 10.6. The van der Waals surface area contributed by atoms with Crippen LogP contribution in [0.15, 0.2) is 12.3 Å². The van der Waals surface area contributed by atoms with Crippen molar-refractivity contribution in [1.82, 2.24) is 4.37 Å². The number of methoxy groups -OCH3 is 1. The summed E-state index contributed by atoms with van der Waals surface area (Å²) in [4.78, 5) is 35.7. The number of phosphoric acid groups is 1. The van der Waals surface area contributed by atoms with Crippen molar-refractivity contribution in [2.75, 3.05) is 20.5 Å². The largest absolute Gasteiger partial charge is 0.478 e. The molecule has 0 aromatic carbocycles. The molecule has 1 fully saturated rings. The minimum atomic E-state index is -4.10. The zero-order valence-corrected chi connectivity index (χ0v) is 17.5. The van der Waals surface area contributed by atoms with Crippen LogP contribution in [0.25, 0.3) is 0 Å². The maximum atomic E-state index is 12.6. The first kappa shape index (κ1) is 22.6. The predicted octanol–water partition coefficient (Wildman–Crippen LogP) is 2.74. The van der Waals surface area contributed by atoms with Gasteiger partial charge in [0, 0.05) is 24.5 Å². The van der Waals surface area contributed by atoms with Crippen molar-refractivity contribution in [3.63, 3.8) is 0 Å². The smallest absolute Gasteiger partial charge is 0.469 e. The highest BCUT2D eigenvalue weighted by Crippen LogP contribution is 2.57. The topological polar surface area (TPSA) is 127 Å². The van der Waals surface area contributed by atoms with Gasteiger partial charge in [0.15, 0.2) is 5.78 Å². The summed E-state index contributed by atoms with van der Waals surface area (Å²) < 4.78 is 41.3. The number of Topliss-reactive ketones (excluding diaryl/α,β-unsaturated/α-hetero) is 1. The van der Waals surface area contributed by atoms with Gasteiger partial charge in [0.25, 0.3) is 0 Å². The van der Waals surface area contributed by atoms with E-state index in [1.54, 1.807) is 13.8 Å². The van der Waals surface area contributed by atoms with Crippen molar-refractivity contribution in [3.05, 3.63) is 17.1 Å². The number of carbonyl (C=O) groups is 3. The van der Waals surface area contributed by atoms with Crippen LogP contribution >= 0.6 is 19.4 Å². The van der Waals surface area contributed by atoms with E-state index in [-0.39, 0.29) is 36.5 Å². The van der Waals surface area contributed by atoms with Crippen molar-refractivity contribution in [2.24, 2.45) is 5.41 Å². The Kier molecular flexibility index (Phi) is 7.85. The number of ketones is 1. The maximum absolute atomic E-state index is 12.6. The molecule has 1 aliphatic heterocycles. The van der Waals surface area contributed by atoms with Crippen molar-refractivity contribution in [2.45, 2.75) is 39.2 Å². The fourth-order valence-electron chi connectivity index (χ4n) is 2.36. The number of hydrogen-bond donors (Lipinski definition) is 0. The Morgan fingerprint density at radius 1 is 1.36 bits per heavy atom. The van der Waals surface area contributed by atoms with Gasteiger partial charge in [-0.25, -0.2) is 18.3 Å². The zero-order valence-electron chi connectivity index (χ0n) is 15.7. The van der Waals surface area contributed by atoms with E-state index >= 15 is 0 Å². The third-order valence-electron chi connectivity index (χ3n) is 3.90. The number of ether oxygens (including phenoxy) is 2. The van der Waals surface area contributed by atoms with Gasteiger partial charge < -0.3 is 9.47 Å². The number of phosphoric ester groups is 1. The van der Waals surface area contributed by atoms with Gasteiger partial charge >= 0.3 is 19.8 Å². The van der Waals surface area contributed by atoms with Gasteiger partial charge in [-0.2, -0.15) is 0 Å². The second-order valence-electron chi connectivity index (χ2n) is 6.65. The van der Waals surface area contributed by atoms with Gasteiger partial charge in [0.2, 0.25) is 6.79 Å². The second kappa shape index (κ2) is 9.71. The molecular weight excluding hydrogens is 413 g/mol. The summed E-state index contributed by atoms with van der Waals surface area (Å²) in [6, 6.07) is 1.47. The normalized spacial score (nSPS) is 23.8. The zero-order chi connectivity index (χ0) is 20.8. The molecule has 0 aliphatic carbocycles. The molecule has 2 heterocycles. The maximum Gasteiger partial charge on any atom is 0.478 e. The second-order valence-corrected chi connectivity index (χ2v) is 9.10. The molecule has 12 heteroatoms. The number of nitrogens with zero attached hydrogens (tertiary/aromatic N) is 1. The summed E-state index contributed by atoms with van der Waals surface area (Å²) in [7, 11) is -2.83. The van der Waals surface area contributed by atoms with Gasteiger partial charge in [-0.1, -0.05) is 13.8 Å². The van der Waals surface area contributed by atoms with Gasteiger partial charge in [0.05, 0.1) is 13.7 Å². The Labute approximate surface area is 166 Å². The lowest BCUT2D eigenvalue weighted by Crippen LogP contribution is -2.44. The molecule has 1 saturated heterocycles. The summed E-state index contributed by atoms with van der Waals surface area (Å²) in [5, 5.41) is 0. The number of carbonyl (C=O) groups excluding carboxylic acids is 3. The van der Waals surface area contributed by atoms with Crippen LogP contribution in [-0.2, 0) is 37.2 Å². The molecule has 0 spiro atoms. The quantitative estimate of drug-likeness (QED) is 0.324. The summed E-state index contributed by atoms with van der Waals surface area (Å²) in [5.41, 5.74) is -0.751. The van der Waals surface area contributed by atoms with Crippen LogP contribution in [0, 0.1) is 5.41 Å². The molecule has 10 nitrogen and oxygen atoms in total. The van der Waals surface area contributed by atoms with Crippen molar-refractivity contribution in [1.29, 1.82) is 0 Å². The number of aromatic nitrogens is 1. The molecule has 0 saturated carbocycles. The number of hydrogen-bond acceptors (Lipinski definition) is 11. The lowest BCUT2D eigenvalue weighted by molar-refractivity contribution is -0.142. The summed E-state index contributed by atoms with van der Waals surface area (Å²) >= 11 is 0.942. The lowest BCUT2D eigenvalue weighted by atomic mass is 9.84. The fourth-order valence-corrected chi connectivity index (χ4v) is 4.38. The lowest BCUT2D eigenvalue weighted by Gasteiger charge is -2.39. The third-order valence-corrected chi connectivity index (χ3v) is 5.97. The molecular formula is C16H22NO9PS. The molecule has 1 aromatic heterocycles. The van der Waals surface area contributed by atoms with E-state index in [1.165, 1.54) is 19.4 Å². The predicted molar refractivity (Wildman–Crippen MR) is 96.6 cm³/mol. The molecule has 2 atom stereocenters. The van der Waals surface area contributed by atoms with Crippen molar-refractivity contribution < 1.29 is 42.0 Å². The van der Waals surface area contributed by atoms with Gasteiger partial charge in [-0.3, -0.25) is 18.6 Å². The minimum absolute atomic E-state index is 0.0452. The molecule has 0 N–H and O–H groups in total. The highest BCUT2D eigenvalue weighted by atomic mass is 32.1. The summed E-state index contributed by atoms with van der Waals surface area (Å²) in [6.07, 6.45) is 0.801. The Morgan fingerprint density at radius 2 is 2.11 bits per heavy atom. The third kappa shape index (κ3) is 6.18. The van der Waals surface area contributed by atoms with Gasteiger partial charge in [0.1, 0.15) is 11.0 Å².